The van der Waals surface area contributed by atoms with E-state index in [2.05, 4.69) is 38.5 Å². The van der Waals surface area contributed by atoms with Gasteiger partial charge in [0.05, 0.1) is 0 Å². The lowest BCUT2D eigenvalue weighted by Gasteiger charge is -2.14. The van der Waals surface area contributed by atoms with Crippen molar-refractivity contribution in [1.29, 1.82) is 0 Å². The third kappa shape index (κ3) is 3.09. The van der Waals surface area contributed by atoms with Crippen molar-refractivity contribution >= 4 is 38.5 Å². The molecule has 2 rings (SSSR count). The van der Waals surface area contributed by atoms with Crippen molar-refractivity contribution < 1.29 is 5.11 Å². The summed E-state index contributed by atoms with van der Waals surface area (Å²) in [6, 6.07) is 13.9. The molecule has 0 radical (unpaired) electrons. The fourth-order valence-corrected chi connectivity index (χ4v) is 2.63. The molecule has 88 valence electrons. The Labute approximate surface area is 123 Å². The van der Waals surface area contributed by atoms with Gasteiger partial charge in [-0.15, -0.1) is 0 Å². The van der Waals surface area contributed by atoms with E-state index in [0.29, 0.717) is 0 Å². The summed E-state index contributed by atoms with van der Waals surface area (Å²) in [5.74, 6) is 0. The summed E-state index contributed by atoms with van der Waals surface area (Å²) in [6.07, 6.45) is -0.584. The molecule has 2 aromatic carbocycles. The van der Waals surface area contributed by atoms with Crippen molar-refractivity contribution in [2.24, 2.45) is 0 Å². The number of rotatable bonds is 2. The lowest BCUT2D eigenvalue weighted by molar-refractivity contribution is 0.219. The zero-order chi connectivity index (χ0) is 12.4. The van der Waals surface area contributed by atoms with Gasteiger partial charge in [0.1, 0.15) is 6.10 Å². The molecular weight excluding hydrogens is 391 g/mol. The minimum Gasteiger partial charge on any atom is -0.384 e. The third-order valence-electron chi connectivity index (χ3n) is 2.65. The third-order valence-corrected chi connectivity index (χ3v) is 4.04. The van der Waals surface area contributed by atoms with Gasteiger partial charge in [-0.25, -0.2) is 0 Å². The van der Waals surface area contributed by atoms with Crippen LogP contribution in [0, 0.1) is 10.5 Å². The van der Waals surface area contributed by atoms with E-state index in [0.717, 1.165) is 19.2 Å². The van der Waals surface area contributed by atoms with E-state index in [1.165, 1.54) is 5.56 Å². The zero-order valence-corrected chi connectivity index (χ0v) is 13.1. The predicted octanol–water partition coefficient (Wildman–Crippen LogP) is 4.44. The Hall–Kier alpha value is -0.390. The molecule has 3 heteroatoms. The van der Waals surface area contributed by atoms with E-state index in [-0.39, 0.29) is 0 Å². The largest absolute Gasteiger partial charge is 0.384 e. The first-order chi connectivity index (χ1) is 8.08. The van der Waals surface area contributed by atoms with E-state index in [1.807, 2.05) is 49.4 Å². The minimum absolute atomic E-state index is 0.584. The number of aliphatic hydroxyl groups is 1. The zero-order valence-electron chi connectivity index (χ0n) is 9.32. The van der Waals surface area contributed by atoms with Crippen molar-refractivity contribution in [3.63, 3.8) is 0 Å². The topological polar surface area (TPSA) is 20.2 Å². The summed E-state index contributed by atoms with van der Waals surface area (Å²) in [6.45, 7) is 2.04. The second-order valence-electron chi connectivity index (χ2n) is 3.98. The maximum atomic E-state index is 10.4. The Bertz CT molecular complexity index is 522. The summed E-state index contributed by atoms with van der Waals surface area (Å²) < 4.78 is 2.05. The minimum atomic E-state index is -0.584. The van der Waals surface area contributed by atoms with E-state index < -0.39 is 6.10 Å². The Balaban J connectivity index is 2.39. The molecule has 0 aromatic heterocycles. The molecule has 0 saturated carbocycles. The van der Waals surface area contributed by atoms with E-state index in [4.69, 9.17) is 0 Å². The summed E-state index contributed by atoms with van der Waals surface area (Å²) in [5.41, 5.74) is 3.02. The van der Waals surface area contributed by atoms with Crippen LogP contribution in [0.5, 0.6) is 0 Å². The van der Waals surface area contributed by atoms with Crippen molar-refractivity contribution in [3.8, 4) is 0 Å². The Kier molecular flexibility index (Phi) is 4.22. The maximum Gasteiger partial charge on any atom is 0.105 e. The first-order valence-electron chi connectivity index (χ1n) is 5.27. The number of aliphatic hydroxyl groups excluding tert-OH is 1. The van der Waals surface area contributed by atoms with Gasteiger partial charge in [0.15, 0.2) is 0 Å². The molecule has 0 saturated heterocycles. The van der Waals surface area contributed by atoms with Gasteiger partial charge in [0.2, 0.25) is 0 Å². The highest BCUT2D eigenvalue weighted by molar-refractivity contribution is 14.1. The van der Waals surface area contributed by atoms with E-state index in [9.17, 15) is 5.11 Å². The van der Waals surface area contributed by atoms with Gasteiger partial charge in [-0.2, -0.15) is 0 Å². The highest BCUT2D eigenvalue weighted by Crippen LogP contribution is 2.29. The van der Waals surface area contributed by atoms with Crippen LogP contribution in [-0.4, -0.2) is 5.11 Å². The van der Waals surface area contributed by atoms with Crippen LogP contribution in [0.4, 0.5) is 0 Å². The van der Waals surface area contributed by atoms with Gasteiger partial charge in [-0.1, -0.05) is 45.8 Å². The van der Waals surface area contributed by atoms with Crippen LogP contribution in [0.3, 0.4) is 0 Å². The molecule has 17 heavy (non-hydrogen) atoms. The molecule has 1 unspecified atom stereocenters. The average Bonchev–Trinajstić information content (AvgIpc) is 2.32. The van der Waals surface area contributed by atoms with Crippen LogP contribution in [-0.2, 0) is 0 Å². The monoisotopic (exact) mass is 402 g/mol. The lowest BCUT2D eigenvalue weighted by Crippen LogP contribution is -2.01. The van der Waals surface area contributed by atoms with Gasteiger partial charge in [0.25, 0.3) is 0 Å². The van der Waals surface area contributed by atoms with Gasteiger partial charge in [0, 0.05) is 13.6 Å². The molecular formula is C14H12BrIO. The van der Waals surface area contributed by atoms with Crippen LogP contribution >= 0.6 is 38.5 Å². The molecule has 1 N–H and O–H groups in total. The highest BCUT2D eigenvalue weighted by atomic mass is 127. The second-order valence-corrected chi connectivity index (χ2v) is 6.08. The van der Waals surface area contributed by atoms with Crippen LogP contribution in [0.25, 0.3) is 0 Å². The van der Waals surface area contributed by atoms with Crippen LogP contribution in [0.2, 0.25) is 0 Å². The summed E-state index contributed by atoms with van der Waals surface area (Å²) in [5, 5.41) is 10.4. The maximum absolute atomic E-state index is 10.4. The van der Waals surface area contributed by atoms with Gasteiger partial charge < -0.3 is 5.11 Å². The Morgan fingerprint density at radius 2 is 1.76 bits per heavy atom. The van der Waals surface area contributed by atoms with Crippen molar-refractivity contribution in [2.45, 2.75) is 13.0 Å². The molecule has 0 aliphatic rings. The first-order valence-corrected chi connectivity index (χ1v) is 7.14. The van der Waals surface area contributed by atoms with E-state index in [1.54, 1.807) is 0 Å². The van der Waals surface area contributed by atoms with Gasteiger partial charge >= 0.3 is 0 Å². The molecule has 1 nitrogen and oxygen atoms in total. The van der Waals surface area contributed by atoms with Gasteiger partial charge in [-0.3, -0.25) is 0 Å². The van der Waals surface area contributed by atoms with Gasteiger partial charge in [-0.05, 0) is 53.3 Å². The quantitative estimate of drug-likeness (QED) is 0.736. The fourth-order valence-electron chi connectivity index (χ4n) is 1.65. The second kappa shape index (κ2) is 5.50. The molecule has 2 aromatic rings. The number of halogens is 2. The first kappa shape index (κ1) is 13.1. The van der Waals surface area contributed by atoms with Crippen molar-refractivity contribution in [2.75, 3.05) is 0 Å². The summed E-state index contributed by atoms with van der Waals surface area (Å²) in [7, 11) is 0. The predicted molar refractivity (Wildman–Crippen MR) is 82.1 cm³/mol. The fraction of sp³-hybridized carbons (Fsp3) is 0.143. The SMILES string of the molecule is Cc1ccc(C(O)c2cc(I)ccc2Br)cc1. The molecule has 0 amide bonds. The Morgan fingerprint density at radius 3 is 2.41 bits per heavy atom. The normalized spacial score (nSPS) is 12.5. The molecule has 0 aliphatic heterocycles. The highest BCUT2D eigenvalue weighted by Gasteiger charge is 2.13. The average molecular weight is 403 g/mol. The molecule has 1 atom stereocenters. The van der Waals surface area contributed by atoms with Crippen LogP contribution in [0.15, 0.2) is 46.9 Å². The van der Waals surface area contributed by atoms with E-state index >= 15 is 0 Å². The Morgan fingerprint density at radius 1 is 1.12 bits per heavy atom. The van der Waals surface area contributed by atoms with Crippen molar-refractivity contribution in [1.82, 2.24) is 0 Å². The van der Waals surface area contributed by atoms with Crippen molar-refractivity contribution in [3.05, 3.63) is 67.2 Å². The molecule has 0 heterocycles. The summed E-state index contributed by atoms with van der Waals surface area (Å²) >= 11 is 5.73. The van der Waals surface area contributed by atoms with Crippen LogP contribution < -0.4 is 0 Å². The van der Waals surface area contributed by atoms with Crippen LogP contribution in [0.1, 0.15) is 22.8 Å². The molecule has 0 bridgehead atoms. The number of aryl methyl sites for hydroxylation is 1. The molecule has 0 spiro atoms. The standard InChI is InChI=1S/C14H12BrIO/c1-9-2-4-10(5-3-9)14(17)12-8-11(16)6-7-13(12)15/h2-8,14,17H,1H3. The molecule has 0 aliphatic carbocycles. The summed E-state index contributed by atoms with van der Waals surface area (Å²) in [4.78, 5) is 0. The number of benzene rings is 2. The number of hydrogen-bond acceptors (Lipinski definition) is 1. The molecule has 0 fully saturated rings. The smallest absolute Gasteiger partial charge is 0.105 e. The number of hydrogen-bond donors (Lipinski definition) is 1. The lowest BCUT2D eigenvalue weighted by atomic mass is 10.0.